The molecule has 0 bridgehead atoms. The molecule has 3 heteroatoms. The summed E-state index contributed by atoms with van der Waals surface area (Å²) in [5.41, 5.74) is 0. The molecule has 1 aliphatic carbocycles. The summed E-state index contributed by atoms with van der Waals surface area (Å²) >= 11 is 0. The van der Waals surface area contributed by atoms with E-state index in [0.717, 1.165) is 37.9 Å². The fourth-order valence-corrected chi connectivity index (χ4v) is 3.63. The van der Waals surface area contributed by atoms with Gasteiger partial charge in [0.05, 0.1) is 6.10 Å². The number of hydrogen-bond donors (Lipinski definition) is 2. The van der Waals surface area contributed by atoms with Crippen LogP contribution < -0.4 is 5.32 Å². The molecule has 0 radical (unpaired) electrons. The highest BCUT2D eigenvalue weighted by Gasteiger charge is 2.26. The van der Waals surface area contributed by atoms with Crippen molar-refractivity contribution in [1.82, 2.24) is 10.2 Å². The van der Waals surface area contributed by atoms with Crippen LogP contribution in [0.1, 0.15) is 58.3 Å². The van der Waals surface area contributed by atoms with Crippen molar-refractivity contribution in [3.8, 4) is 0 Å². The quantitative estimate of drug-likeness (QED) is 0.752. The van der Waals surface area contributed by atoms with Crippen LogP contribution in [0.2, 0.25) is 0 Å². The van der Waals surface area contributed by atoms with Gasteiger partial charge in [-0.05, 0) is 44.6 Å². The summed E-state index contributed by atoms with van der Waals surface area (Å²) in [6.07, 6.45) is 10.1. The Morgan fingerprint density at radius 3 is 2.53 bits per heavy atom. The first-order valence-electron chi connectivity index (χ1n) is 8.43. The second-order valence-corrected chi connectivity index (χ2v) is 6.49. The van der Waals surface area contributed by atoms with Crippen molar-refractivity contribution in [3.05, 3.63) is 0 Å². The lowest BCUT2D eigenvalue weighted by molar-refractivity contribution is 0.0699. The van der Waals surface area contributed by atoms with Gasteiger partial charge in [-0.25, -0.2) is 0 Å². The predicted molar refractivity (Wildman–Crippen MR) is 80.3 cm³/mol. The molecule has 0 aromatic carbocycles. The van der Waals surface area contributed by atoms with Gasteiger partial charge in [-0.3, -0.25) is 0 Å². The third-order valence-electron chi connectivity index (χ3n) is 4.87. The van der Waals surface area contributed by atoms with Crippen molar-refractivity contribution >= 4 is 0 Å². The second-order valence-electron chi connectivity index (χ2n) is 6.49. The van der Waals surface area contributed by atoms with Gasteiger partial charge >= 0.3 is 0 Å². The molecule has 0 spiro atoms. The molecule has 2 fully saturated rings. The molecule has 0 amide bonds. The zero-order chi connectivity index (χ0) is 13.5. The van der Waals surface area contributed by atoms with Crippen molar-refractivity contribution < 1.29 is 5.11 Å². The summed E-state index contributed by atoms with van der Waals surface area (Å²) in [6, 6.07) is 0.731. The van der Waals surface area contributed by atoms with Gasteiger partial charge in [-0.2, -0.15) is 0 Å². The van der Waals surface area contributed by atoms with Gasteiger partial charge in [-0.15, -0.1) is 0 Å². The van der Waals surface area contributed by atoms with Crippen LogP contribution in [0.4, 0.5) is 0 Å². The van der Waals surface area contributed by atoms with Crippen molar-refractivity contribution in [1.29, 1.82) is 0 Å². The largest absolute Gasteiger partial charge is 0.393 e. The number of hydrogen-bond acceptors (Lipinski definition) is 3. The summed E-state index contributed by atoms with van der Waals surface area (Å²) in [5, 5.41) is 13.4. The summed E-state index contributed by atoms with van der Waals surface area (Å²) in [4.78, 5) is 2.59. The Balaban J connectivity index is 1.82. The highest BCUT2D eigenvalue weighted by Crippen LogP contribution is 2.25. The van der Waals surface area contributed by atoms with E-state index in [4.69, 9.17) is 0 Å². The monoisotopic (exact) mass is 268 g/mol. The Bertz CT molecular complexity index is 239. The molecule has 1 saturated heterocycles. The number of likely N-dealkylation sites (tertiary alicyclic amines) is 1. The summed E-state index contributed by atoms with van der Waals surface area (Å²) in [6.45, 7) is 6.86. The minimum absolute atomic E-state index is 0.0422. The van der Waals surface area contributed by atoms with Crippen LogP contribution in [0.3, 0.4) is 0 Å². The van der Waals surface area contributed by atoms with E-state index in [-0.39, 0.29) is 6.10 Å². The van der Waals surface area contributed by atoms with Crippen LogP contribution in [0.15, 0.2) is 0 Å². The topological polar surface area (TPSA) is 35.5 Å². The Morgan fingerprint density at radius 1 is 1.05 bits per heavy atom. The molecule has 0 aromatic heterocycles. The fraction of sp³-hybridized carbons (Fsp3) is 1.00. The lowest BCUT2D eigenvalue weighted by Crippen LogP contribution is -2.45. The number of rotatable bonds is 5. The SMILES string of the molecule is CCCNC1CCCCCC1CN1CCC(O)CC1. The lowest BCUT2D eigenvalue weighted by Gasteiger charge is -2.35. The Labute approximate surface area is 118 Å². The molecule has 2 atom stereocenters. The smallest absolute Gasteiger partial charge is 0.0564 e. The average molecular weight is 268 g/mol. The minimum Gasteiger partial charge on any atom is -0.393 e. The lowest BCUT2D eigenvalue weighted by atomic mass is 9.93. The van der Waals surface area contributed by atoms with Gasteiger partial charge in [-0.1, -0.05) is 26.2 Å². The minimum atomic E-state index is -0.0422. The fourth-order valence-electron chi connectivity index (χ4n) is 3.63. The van der Waals surface area contributed by atoms with E-state index in [1.54, 1.807) is 0 Å². The number of aliphatic hydroxyl groups is 1. The predicted octanol–water partition coefficient (Wildman–Crippen LogP) is 2.39. The molecule has 112 valence electrons. The van der Waals surface area contributed by atoms with E-state index < -0.39 is 0 Å². The normalized spacial score (nSPS) is 31.3. The van der Waals surface area contributed by atoms with Crippen molar-refractivity contribution in [2.24, 2.45) is 5.92 Å². The van der Waals surface area contributed by atoms with Crippen LogP contribution in [-0.4, -0.2) is 48.3 Å². The molecule has 2 N–H and O–H groups in total. The molecule has 1 aliphatic heterocycles. The van der Waals surface area contributed by atoms with Crippen LogP contribution in [0.25, 0.3) is 0 Å². The zero-order valence-corrected chi connectivity index (χ0v) is 12.6. The van der Waals surface area contributed by atoms with Crippen molar-refractivity contribution in [2.75, 3.05) is 26.2 Å². The maximum absolute atomic E-state index is 9.61. The van der Waals surface area contributed by atoms with Crippen LogP contribution in [0.5, 0.6) is 0 Å². The van der Waals surface area contributed by atoms with E-state index in [1.807, 2.05) is 0 Å². The van der Waals surface area contributed by atoms with Gasteiger partial charge in [0, 0.05) is 25.7 Å². The molecule has 1 heterocycles. The average Bonchev–Trinajstić information content (AvgIpc) is 2.64. The van der Waals surface area contributed by atoms with Gasteiger partial charge in [0.15, 0.2) is 0 Å². The third kappa shape index (κ3) is 5.05. The standard InChI is InChI=1S/C16H32N2O/c1-2-10-17-16-7-5-3-4-6-14(16)13-18-11-8-15(19)9-12-18/h14-17,19H,2-13H2,1H3. The van der Waals surface area contributed by atoms with E-state index in [2.05, 4.69) is 17.1 Å². The Morgan fingerprint density at radius 2 is 1.79 bits per heavy atom. The molecule has 2 unspecified atom stereocenters. The van der Waals surface area contributed by atoms with Crippen LogP contribution in [0, 0.1) is 5.92 Å². The van der Waals surface area contributed by atoms with Gasteiger partial charge < -0.3 is 15.3 Å². The first-order chi connectivity index (χ1) is 9.29. The van der Waals surface area contributed by atoms with Gasteiger partial charge in [0.1, 0.15) is 0 Å². The Kier molecular flexibility index (Phi) is 6.62. The molecule has 3 nitrogen and oxygen atoms in total. The second kappa shape index (κ2) is 8.23. The highest BCUT2D eigenvalue weighted by atomic mass is 16.3. The highest BCUT2D eigenvalue weighted by molar-refractivity contribution is 4.83. The molecule has 0 aromatic rings. The van der Waals surface area contributed by atoms with Crippen LogP contribution >= 0.6 is 0 Å². The first kappa shape index (κ1) is 15.3. The Hall–Kier alpha value is -0.120. The third-order valence-corrected chi connectivity index (χ3v) is 4.87. The maximum Gasteiger partial charge on any atom is 0.0564 e. The number of nitrogens with zero attached hydrogens (tertiary/aromatic N) is 1. The molecule has 1 saturated carbocycles. The van der Waals surface area contributed by atoms with E-state index in [0.29, 0.717) is 0 Å². The molecule has 2 rings (SSSR count). The van der Waals surface area contributed by atoms with E-state index in [1.165, 1.54) is 51.6 Å². The molecule has 2 aliphatic rings. The summed E-state index contributed by atoms with van der Waals surface area (Å²) in [7, 11) is 0. The van der Waals surface area contributed by atoms with Crippen molar-refractivity contribution in [3.63, 3.8) is 0 Å². The number of nitrogens with one attached hydrogen (secondary N) is 1. The zero-order valence-electron chi connectivity index (χ0n) is 12.6. The molecular formula is C16H32N2O. The number of piperidine rings is 1. The summed E-state index contributed by atoms with van der Waals surface area (Å²) < 4.78 is 0. The van der Waals surface area contributed by atoms with E-state index >= 15 is 0 Å². The van der Waals surface area contributed by atoms with E-state index in [9.17, 15) is 5.11 Å². The summed E-state index contributed by atoms with van der Waals surface area (Å²) in [5.74, 6) is 0.823. The van der Waals surface area contributed by atoms with Gasteiger partial charge in [0.2, 0.25) is 0 Å². The van der Waals surface area contributed by atoms with Gasteiger partial charge in [0.25, 0.3) is 0 Å². The van der Waals surface area contributed by atoms with Crippen molar-refractivity contribution in [2.45, 2.75) is 70.4 Å². The first-order valence-corrected chi connectivity index (χ1v) is 8.43. The van der Waals surface area contributed by atoms with Crippen LogP contribution in [-0.2, 0) is 0 Å². The maximum atomic E-state index is 9.61. The molecule has 19 heavy (non-hydrogen) atoms. The number of aliphatic hydroxyl groups excluding tert-OH is 1. The molecular weight excluding hydrogens is 236 g/mol.